The van der Waals surface area contributed by atoms with Crippen molar-refractivity contribution in [1.29, 1.82) is 0 Å². The molecule has 4 rings (SSSR count). The van der Waals surface area contributed by atoms with Crippen LogP contribution >= 0.6 is 0 Å². The molecule has 0 saturated carbocycles. The first kappa shape index (κ1) is 18.2. The van der Waals surface area contributed by atoms with Crippen LogP contribution in [0.5, 0.6) is 0 Å². The quantitative estimate of drug-likeness (QED) is 0.718. The van der Waals surface area contributed by atoms with Gasteiger partial charge < -0.3 is 20.3 Å². The first-order valence-corrected chi connectivity index (χ1v) is 9.28. The fourth-order valence-electron chi connectivity index (χ4n) is 3.36. The number of pyridine rings is 2. The summed E-state index contributed by atoms with van der Waals surface area (Å²) in [6.45, 7) is 5.99. The van der Waals surface area contributed by atoms with Crippen molar-refractivity contribution in [2.75, 3.05) is 23.3 Å². The molecule has 2 amide bonds. The SMILES string of the molecule is C[C@H]1CN(c2ccc(NC(=O)NCc3nnc4ccccn34)cn2)C[C@H](C)O1. The fraction of sp³-hybridized carbons (Fsp3) is 0.368. The molecule has 0 unspecified atom stereocenters. The standard InChI is InChI=1S/C19H23N7O2/c1-13-11-25(12-14(2)28-13)16-7-6-15(9-20-16)22-19(27)21-10-18-24-23-17-5-3-4-8-26(17)18/h3-9,13-14H,10-12H2,1-2H3,(H2,21,22,27)/t13-,14-/m0/s1. The van der Waals surface area contributed by atoms with Gasteiger partial charge in [-0.25, -0.2) is 9.78 Å². The summed E-state index contributed by atoms with van der Waals surface area (Å²) < 4.78 is 7.59. The molecule has 9 heteroatoms. The van der Waals surface area contributed by atoms with E-state index in [0.717, 1.165) is 24.6 Å². The third kappa shape index (κ3) is 4.04. The first-order chi connectivity index (χ1) is 13.6. The summed E-state index contributed by atoms with van der Waals surface area (Å²) in [4.78, 5) is 18.9. The van der Waals surface area contributed by atoms with Crippen molar-refractivity contribution >= 4 is 23.2 Å². The van der Waals surface area contributed by atoms with Gasteiger partial charge in [-0.15, -0.1) is 10.2 Å². The van der Waals surface area contributed by atoms with Gasteiger partial charge in [0.2, 0.25) is 0 Å². The zero-order valence-electron chi connectivity index (χ0n) is 15.9. The molecule has 1 saturated heterocycles. The van der Waals surface area contributed by atoms with Gasteiger partial charge in [-0.3, -0.25) is 4.40 Å². The number of carbonyl (C=O) groups excluding carboxylic acids is 1. The van der Waals surface area contributed by atoms with Crippen LogP contribution in [0.15, 0.2) is 42.7 Å². The molecule has 9 nitrogen and oxygen atoms in total. The number of fused-ring (bicyclic) bond motifs is 1. The number of urea groups is 1. The minimum absolute atomic E-state index is 0.169. The van der Waals surface area contributed by atoms with E-state index in [2.05, 4.69) is 44.6 Å². The molecule has 1 aliphatic rings. The molecule has 0 bridgehead atoms. The van der Waals surface area contributed by atoms with Crippen LogP contribution in [0.2, 0.25) is 0 Å². The zero-order valence-corrected chi connectivity index (χ0v) is 15.9. The molecule has 146 valence electrons. The molecular weight excluding hydrogens is 358 g/mol. The largest absolute Gasteiger partial charge is 0.372 e. The maximum absolute atomic E-state index is 12.2. The predicted molar refractivity (Wildman–Crippen MR) is 105 cm³/mol. The lowest BCUT2D eigenvalue weighted by atomic mass is 10.2. The van der Waals surface area contributed by atoms with Gasteiger partial charge in [0, 0.05) is 19.3 Å². The van der Waals surface area contributed by atoms with Crippen LogP contribution in [-0.2, 0) is 11.3 Å². The lowest BCUT2D eigenvalue weighted by Crippen LogP contribution is -2.45. The smallest absolute Gasteiger partial charge is 0.319 e. The summed E-state index contributed by atoms with van der Waals surface area (Å²) in [5.41, 5.74) is 1.37. The summed E-state index contributed by atoms with van der Waals surface area (Å²) in [5, 5.41) is 13.7. The number of hydrogen-bond donors (Lipinski definition) is 2. The average molecular weight is 381 g/mol. The van der Waals surface area contributed by atoms with Crippen LogP contribution in [0.3, 0.4) is 0 Å². The summed E-state index contributed by atoms with van der Waals surface area (Å²) in [5.74, 6) is 1.54. The molecule has 4 heterocycles. The topological polar surface area (TPSA) is 96.7 Å². The highest BCUT2D eigenvalue weighted by atomic mass is 16.5. The molecule has 1 aliphatic heterocycles. The van der Waals surface area contributed by atoms with Crippen molar-refractivity contribution in [2.45, 2.75) is 32.6 Å². The number of nitrogens with zero attached hydrogens (tertiary/aromatic N) is 5. The van der Waals surface area contributed by atoms with E-state index in [1.807, 2.05) is 40.9 Å². The number of amides is 2. The van der Waals surface area contributed by atoms with Gasteiger partial charge >= 0.3 is 6.03 Å². The molecule has 0 spiro atoms. The highest BCUT2D eigenvalue weighted by molar-refractivity contribution is 5.89. The average Bonchev–Trinajstić information content (AvgIpc) is 3.09. The number of nitrogens with one attached hydrogen (secondary N) is 2. The Labute approximate surface area is 162 Å². The Balaban J connectivity index is 1.33. The van der Waals surface area contributed by atoms with Crippen molar-refractivity contribution in [1.82, 2.24) is 24.9 Å². The summed E-state index contributed by atoms with van der Waals surface area (Å²) in [7, 11) is 0. The third-order valence-corrected chi connectivity index (χ3v) is 4.54. The summed E-state index contributed by atoms with van der Waals surface area (Å²) >= 11 is 0. The fourth-order valence-corrected chi connectivity index (χ4v) is 3.36. The van der Waals surface area contributed by atoms with E-state index in [0.29, 0.717) is 11.5 Å². The van der Waals surface area contributed by atoms with E-state index < -0.39 is 0 Å². The van der Waals surface area contributed by atoms with Crippen molar-refractivity contribution in [2.24, 2.45) is 0 Å². The van der Waals surface area contributed by atoms with E-state index in [1.165, 1.54) is 0 Å². The van der Waals surface area contributed by atoms with Crippen molar-refractivity contribution in [3.63, 3.8) is 0 Å². The van der Waals surface area contributed by atoms with E-state index in [9.17, 15) is 4.79 Å². The molecule has 28 heavy (non-hydrogen) atoms. The minimum atomic E-state index is -0.323. The molecule has 0 aromatic carbocycles. The normalized spacial score (nSPS) is 19.6. The number of aromatic nitrogens is 4. The zero-order chi connectivity index (χ0) is 19.5. The van der Waals surface area contributed by atoms with Gasteiger partial charge in [0.05, 0.1) is 30.6 Å². The number of ether oxygens (including phenoxy) is 1. The third-order valence-electron chi connectivity index (χ3n) is 4.54. The molecule has 3 aromatic heterocycles. The van der Waals surface area contributed by atoms with Crippen molar-refractivity contribution in [3.8, 4) is 0 Å². The maximum atomic E-state index is 12.2. The van der Waals surface area contributed by atoms with Gasteiger partial charge in [0.1, 0.15) is 5.82 Å². The highest BCUT2D eigenvalue weighted by Gasteiger charge is 2.23. The van der Waals surface area contributed by atoms with E-state index in [4.69, 9.17) is 4.74 Å². The monoisotopic (exact) mass is 381 g/mol. The van der Waals surface area contributed by atoms with Crippen LogP contribution in [-0.4, -0.2) is 50.9 Å². The maximum Gasteiger partial charge on any atom is 0.319 e. The Morgan fingerprint density at radius 3 is 2.75 bits per heavy atom. The van der Waals surface area contributed by atoms with Gasteiger partial charge in [-0.05, 0) is 38.1 Å². The van der Waals surface area contributed by atoms with Gasteiger partial charge in [-0.2, -0.15) is 0 Å². The van der Waals surface area contributed by atoms with Crippen LogP contribution < -0.4 is 15.5 Å². The Morgan fingerprint density at radius 1 is 1.18 bits per heavy atom. The van der Waals surface area contributed by atoms with Gasteiger partial charge in [0.15, 0.2) is 11.5 Å². The molecular formula is C19H23N7O2. The number of anilines is 2. The molecule has 1 fully saturated rings. The first-order valence-electron chi connectivity index (χ1n) is 9.28. The molecule has 0 aliphatic carbocycles. The van der Waals surface area contributed by atoms with E-state index >= 15 is 0 Å². The van der Waals surface area contributed by atoms with Gasteiger partial charge in [0.25, 0.3) is 0 Å². The summed E-state index contributed by atoms with van der Waals surface area (Å²) in [6, 6.07) is 9.08. The Hall–Kier alpha value is -3.20. The second kappa shape index (κ2) is 7.81. The predicted octanol–water partition coefficient (Wildman–Crippen LogP) is 2.06. The molecule has 2 atom stereocenters. The number of carbonyl (C=O) groups is 1. The highest BCUT2D eigenvalue weighted by Crippen LogP contribution is 2.19. The Kier molecular flexibility index (Phi) is 5.07. The van der Waals surface area contributed by atoms with Crippen LogP contribution in [0.4, 0.5) is 16.3 Å². The van der Waals surface area contributed by atoms with Crippen LogP contribution in [0, 0.1) is 0 Å². The molecule has 0 radical (unpaired) electrons. The Morgan fingerprint density at radius 2 is 2.00 bits per heavy atom. The lowest BCUT2D eigenvalue weighted by Gasteiger charge is -2.36. The minimum Gasteiger partial charge on any atom is -0.372 e. The lowest BCUT2D eigenvalue weighted by molar-refractivity contribution is -0.00545. The number of rotatable bonds is 4. The second-order valence-corrected chi connectivity index (χ2v) is 6.92. The van der Waals surface area contributed by atoms with Crippen LogP contribution in [0.1, 0.15) is 19.7 Å². The summed E-state index contributed by atoms with van der Waals surface area (Å²) in [6.07, 6.45) is 3.86. The van der Waals surface area contributed by atoms with Crippen LogP contribution in [0.25, 0.3) is 5.65 Å². The number of hydrogen-bond acceptors (Lipinski definition) is 6. The van der Waals surface area contributed by atoms with E-state index in [-0.39, 0.29) is 24.8 Å². The van der Waals surface area contributed by atoms with Gasteiger partial charge in [-0.1, -0.05) is 6.07 Å². The molecule has 3 aromatic rings. The van der Waals surface area contributed by atoms with E-state index in [1.54, 1.807) is 6.20 Å². The van der Waals surface area contributed by atoms with Crippen molar-refractivity contribution < 1.29 is 9.53 Å². The second-order valence-electron chi connectivity index (χ2n) is 6.92. The van der Waals surface area contributed by atoms with Crippen molar-refractivity contribution in [3.05, 3.63) is 48.5 Å². The number of morpholine rings is 1. The Bertz CT molecular complexity index is 946. The molecule has 2 N–H and O–H groups in total.